The predicted octanol–water partition coefficient (Wildman–Crippen LogP) is 2.24. The average molecular weight is 325 g/mol. The lowest BCUT2D eigenvalue weighted by atomic mass is 10.1. The summed E-state index contributed by atoms with van der Waals surface area (Å²) >= 11 is 0. The Bertz CT molecular complexity index is 334. The maximum atomic E-state index is 12.2. The number of hydrogen-bond acceptors (Lipinski definition) is 3. The van der Waals surface area contributed by atoms with Gasteiger partial charge in [-0.2, -0.15) is 0 Å². The summed E-state index contributed by atoms with van der Waals surface area (Å²) in [5.41, 5.74) is 0. The van der Waals surface area contributed by atoms with Crippen LogP contribution in [0.3, 0.4) is 0 Å². The Kier molecular flexibility index (Phi) is 8.17. The summed E-state index contributed by atoms with van der Waals surface area (Å²) in [4.78, 5) is 19.2. The van der Waals surface area contributed by atoms with E-state index in [0.29, 0.717) is 0 Å². The molecule has 2 aliphatic rings. The monoisotopic (exact) mass is 324 g/mol. The van der Waals surface area contributed by atoms with E-state index in [4.69, 9.17) is 0 Å². The first-order chi connectivity index (χ1) is 11.1. The maximum Gasteiger partial charge on any atom is 0.317 e. The van der Waals surface area contributed by atoms with Crippen LogP contribution in [0.4, 0.5) is 4.79 Å². The lowest BCUT2D eigenvalue weighted by Crippen LogP contribution is -2.52. The molecule has 5 nitrogen and oxygen atoms in total. The quantitative estimate of drug-likeness (QED) is 0.730. The van der Waals surface area contributed by atoms with Gasteiger partial charge in [0.15, 0.2) is 0 Å². The largest absolute Gasteiger partial charge is 0.338 e. The van der Waals surface area contributed by atoms with Crippen LogP contribution in [-0.4, -0.2) is 79.6 Å². The van der Waals surface area contributed by atoms with Gasteiger partial charge in [-0.3, -0.25) is 4.90 Å². The minimum absolute atomic E-state index is 0.132. The second-order valence-corrected chi connectivity index (χ2v) is 7.50. The highest BCUT2D eigenvalue weighted by molar-refractivity contribution is 5.74. The number of amides is 2. The van der Waals surface area contributed by atoms with Gasteiger partial charge in [-0.05, 0) is 57.8 Å². The summed E-state index contributed by atoms with van der Waals surface area (Å²) in [7, 11) is 0. The molecule has 2 heterocycles. The van der Waals surface area contributed by atoms with Gasteiger partial charge in [-0.25, -0.2) is 4.79 Å². The highest BCUT2D eigenvalue weighted by atomic mass is 16.2. The van der Waals surface area contributed by atoms with Gasteiger partial charge in [0.2, 0.25) is 0 Å². The summed E-state index contributed by atoms with van der Waals surface area (Å²) in [6, 6.07) is 0.132. The van der Waals surface area contributed by atoms with Crippen LogP contribution in [0.2, 0.25) is 0 Å². The lowest BCUT2D eigenvalue weighted by molar-refractivity contribution is 0.135. The molecule has 2 rings (SSSR count). The van der Waals surface area contributed by atoms with E-state index in [0.717, 1.165) is 51.6 Å². The topological polar surface area (TPSA) is 38.8 Å². The number of likely N-dealkylation sites (tertiary alicyclic amines) is 1. The van der Waals surface area contributed by atoms with Crippen LogP contribution in [0.25, 0.3) is 0 Å². The van der Waals surface area contributed by atoms with Crippen molar-refractivity contribution < 1.29 is 4.79 Å². The molecule has 0 radical (unpaired) electrons. The zero-order chi connectivity index (χ0) is 16.5. The van der Waals surface area contributed by atoms with Crippen LogP contribution >= 0.6 is 0 Å². The predicted molar refractivity (Wildman–Crippen MR) is 95.8 cm³/mol. The molecule has 0 atom stereocenters. The molecule has 2 aliphatic heterocycles. The molecule has 0 aromatic carbocycles. The third-order valence-corrected chi connectivity index (χ3v) is 5.06. The van der Waals surface area contributed by atoms with Crippen LogP contribution in [0.5, 0.6) is 0 Å². The first-order valence-electron chi connectivity index (χ1n) is 9.62. The van der Waals surface area contributed by atoms with E-state index in [-0.39, 0.29) is 6.03 Å². The number of nitrogens with one attached hydrogen (secondary N) is 1. The minimum Gasteiger partial charge on any atom is -0.338 e. The molecule has 0 aromatic rings. The van der Waals surface area contributed by atoms with Gasteiger partial charge >= 0.3 is 6.03 Å². The van der Waals surface area contributed by atoms with Crippen LogP contribution in [-0.2, 0) is 0 Å². The van der Waals surface area contributed by atoms with E-state index < -0.39 is 0 Å². The molecule has 1 N–H and O–H groups in total. The SMILES string of the molecule is CC(C)CCN1CCN(C(=O)NCCCN2CCCCC2)CC1. The number of nitrogens with zero attached hydrogens (tertiary/aromatic N) is 3. The van der Waals surface area contributed by atoms with E-state index >= 15 is 0 Å². The molecule has 5 heteroatoms. The number of piperidine rings is 1. The summed E-state index contributed by atoms with van der Waals surface area (Å²) in [5.74, 6) is 0.760. The van der Waals surface area contributed by atoms with Crippen molar-refractivity contribution in [2.75, 3.05) is 58.9 Å². The summed E-state index contributed by atoms with van der Waals surface area (Å²) in [5, 5.41) is 3.10. The Hall–Kier alpha value is -0.810. The van der Waals surface area contributed by atoms with Crippen molar-refractivity contribution in [2.45, 2.75) is 46.0 Å². The van der Waals surface area contributed by atoms with Gasteiger partial charge in [0, 0.05) is 32.7 Å². The van der Waals surface area contributed by atoms with Crippen molar-refractivity contribution in [1.82, 2.24) is 20.0 Å². The molecule has 134 valence electrons. The molecule has 23 heavy (non-hydrogen) atoms. The first kappa shape index (κ1) is 18.5. The molecule has 2 saturated heterocycles. The van der Waals surface area contributed by atoms with Gasteiger partial charge in [0.25, 0.3) is 0 Å². The average Bonchev–Trinajstić information content (AvgIpc) is 2.58. The number of piperazine rings is 1. The Morgan fingerprint density at radius 1 is 0.913 bits per heavy atom. The van der Waals surface area contributed by atoms with Gasteiger partial charge in [-0.1, -0.05) is 20.3 Å². The lowest BCUT2D eigenvalue weighted by Gasteiger charge is -2.35. The van der Waals surface area contributed by atoms with Crippen LogP contribution < -0.4 is 5.32 Å². The zero-order valence-electron chi connectivity index (χ0n) is 15.2. The highest BCUT2D eigenvalue weighted by Crippen LogP contribution is 2.09. The fraction of sp³-hybridized carbons (Fsp3) is 0.944. The van der Waals surface area contributed by atoms with Crippen LogP contribution in [0.15, 0.2) is 0 Å². The molecule has 0 aromatic heterocycles. The highest BCUT2D eigenvalue weighted by Gasteiger charge is 2.20. The van der Waals surface area contributed by atoms with Crippen molar-refractivity contribution >= 4 is 6.03 Å². The fourth-order valence-corrected chi connectivity index (χ4v) is 3.41. The van der Waals surface area contributed by atoms with E-state index in [1.165, 1.54) is 45.3 Å². The van der Waals surface area contributed by atoms with E-state index in [1.54, 1.807) is 0 Å². The maximum absolute atomic E-state index is 12.2. The first-order valence-corrected chi connectivity index (χ1v) is 9.62. The number of carbonyl (C=O) groups excluding carboxylic acids is 1. The Morgan fingerprint density at radius 3 is 2.22 bits per heavy atom. The van der Waals surface area contributed by atoms with Crippen molar-refractivity contribution in [2.24, 2.45) is 5.92 Å². The Morgan fingerprint density at radius 2 is 1.57 bits per heavy atom. The minimum atomic E-state index is 0.132. The number of urea groups is 1. The molecular formula is C18H36N4O. The number of carbonyl (C=O) groups is 1. The standard InChI is InChI=1S/C18H36N4O/c1-17(2)7-12-21-13-15-22(16-14-21)18(23)19-8-6-11-20-9-4-3-5-10-20/h17H,3-16H2,1-2H3,(H,19,23). The molecule has 0 aliphatic carbocycles. The molecule has 0 saturated carbocycles. The second-order valence-electron chi connectivity index (χ2n) is 7.50. The fourth-order valence-electron chi connectivity index (χ4n) is 3.41. The second kappa shape index (κ2) is 10.1. The van der Waals surface area contributed by atoms with E-state index in [2.05, 4.69) is 29.0 Å². The van der Waals surface area contributed by atoms with E-state index in [1.807, 2.05) is 4.90 Å². The normalized spacial score (nSPS) is 20.9. The summed E-state index contributed by atoms with van der Waals surface area (Å²) < 4.78 is 0. The molecule has 0 bridgehead atoms. The Balaban J connectivity index is 1.52. The van der Waals surface area contributed by atoms with Crippen LogP contribution in [0.1, 0.15) is 46.0 Å². The number of hydrogen-bond donors (Lipinski definition) is 1. The zero-order valence-corrected chi connectivity index (χ0v) is 15.2. The van der Waals surface area contributed by atoms with Crippen LogP contribution in [0, 0.1) is 5.92 Å². The molecular weight excluding hydrogens is 288 g/mol. The molecule has 0 spiro atoms. The Labute approximate surface area is 142 Å². The van der Waals surface area contributed by atoms with Crippen molar-refractivity contribution in [3.05, 3.63) is 0 Å². The molecule has 2 fully saturated rings. The summed E-state index contributed by atoms with van der Waals surface area (Å²) in [6.45, 7) is 13.9. The van der Waals surface area contributed by atoms with Gasteiger partial charge in [0.05, 0.1) is 0 Å². The third-order valence-electron chi connectivity index (χ3n) is 5.06. The van der Waals surface area contributed by atoms with Gasteiger partial charge < -0.3 is 15.1 Å². The summed E-state index contributed by atoms with van der Waals surface area (Å²) in [6.07, 6.45) is 6.39. The molecule has 0 unspecified atom stereocenters. The smallest absolute Gasteiger partial charge is 0.317 e. The van der Waals surface area contributed by atoms with Crippen molar-refractivity contribution in [3.8, 4) is 0 Å². The van der Waals surface area contributed by atoms with Crippen molar-refractivity contribution in [3.63, 3.8) is 0 Å². The van der Waals surface area contributed by atoms with Gasteiger partial charge in [-0.15, -0.1) is 0 Å². The van der Waals surface area contributed by atoms with Gasteiger partial charge in [0.1, 0.15) is 0 Å². The molecule has 2 amide bonds. The third kappa shape index (κ3) is 7.08. The van der Waals surface area contributed by atoms with Crippen molar-refractivity contribution in [1.29, 1.82) is 0 Å². The van der Waals surface area contributed by atoms with E-state index in [9.17, 15) is 4.79 Å². The number of rotatable bonds is 7.